The molecule has 3 heterocycles. The zero-order valence-electron chi connectivity index (χ0n) is 19.8. The van der Waals surface area contributed by atoms with Crippen LogP contribution >= 0.6 is 11.6 Å². The number of fused-ring (bicyclic) bond motifs is 1. The number of hydrogen-bond donors (Lipinski definition) is 2. The molecule has 1 aliphatic heterocycles. The van der Waals surface area contributed by atoms with Gasteiger partial charge in [0.25, 0.3) is 0 Å². The molecule has 1 saturated heterocycles. The van der Waals surface area contributed by atoms with Gasteiger partial charge in [-0.3, -0.25) is 4.90 Å². The summed E-state index contributed by atoms with van der Waals surface area (Å²) in [5, 5.41) is 30.7. The summed E-state index contributed by atoms with van der Waals surface area (Å²) in [5.41, 5.74) is 2.65. The van der Waals surface area contributed by atoms with Crippen molar-refractivity contribution in [2.45, 2.75) is 45.2 Å². The molecule has 10 nitrogen and oxygen atoms in total. The fraction of sp³-hybridized carbons (Fsp3) is 0.458. The van der Waals surface area contributed by atoms with Crippen LogP contribution in [0.2, 0.25) is 5.02 Å². The molecule has 1 saturated carbocycles. The third-order valence-electron chi connectivity index (χ3n) is 6.69. The van der Waals surface area contributed by atoms with E-state index in [9.17, 15) is 10.5 Å². The number of rotatable bonds is 7. The minimum atomic E-state index is 0.264. The zero-order chi connectivity index (χ0) is 24.5. The van der Waals surface area contributed by atoms with Crippen LogP contribution in [-0.2, 0) is 0 Å². The van der Waals surface area contributed by atoms with Crippen LogP contribution in [-0.4, -0.2) is 62.7 Å². The minimum Gasteiger partial charge on any atom is -0.368 e. The van der Waals surface area contributed by atoms with E-state index in [0.29, 0.717) is 45.5 Å². The van der Waals surface area contributed by atoms with Crippen molar-refractivity contribution in [1.82, 2.24) is 24.5 Å². The minimum absolute atomic E-state index is 0.264. The van der Waals surface area contributed by atoms with Gasteiger partial charge in [0.15, 0.2) is 17.2 Å². The van der Waals surface area contributed by atoms with Crippen molar-refractivity contribution in [1.29, 1.82) is 10.5 Å². The van der Waals surface area contributed by atoms with Crippen LogP contribution in [0.3, 0.4) is 0 Å². The molecule has 2 aliphatic rings. The van der Waals surface area contributed by atoms with Crippen molar-refractivity contribution < 1.29 is 0 Å². The summed E-state index contributed by atoms with van der Waals surface area (Å²) in [5.74, 6) is 0.820. The second-order valence-corrected chi connectivity index (χ2v) is 9.45. The topological polar surface area (TPSA) is 121 Å². The molecule has 5 rings (SSSR count). The van der Waals surface area contributed by atoms with Gasteiger partial charge in [0.1, 0.15) is 6.07 Å². The van der Waals surface area contributed by atoms with Crippen LogP contribution in [0.25, 0.3) is 5.65 Å². The van der Waals surface area contributed by atoms with Crippen LogP contribution in [0.4, 0.5) is 23.1 Å². The Hall–Kier alpha value is -3.60. The maximum Gasteiger partial charge on any atom is 0.247 e. The first-order valence-corrected chi connectivity index (χ1v) is 12.3. The first-order chi connectivity index (χ1) is 17.0. The van der Waals surface area contributed by atoms with Gasteiger partial charge in [0, 0.05) is 38.3 Å². The summed E-state index contributed by atoms with van der Waals surface area (Å²) in [6, 6.07) is 8.76. The predicted molar refractivity (Wildman–Crippen MR) is 135 cm³/mol. The lowest BCUT2D eigenvalue weighted by Gasteiger charge is -2.39. The van der Waals surface area contributed by atoms with Gasteiger partial charge in [0.2, 0.25) is 5.95 Å². The highest BCUT2D eigenvalue weighted by Crippen LogP contribution is 2.37. The molecule has 35 heavy (non-hydrogen) atoms. The Morgan fingerprint density at radius 3 is 2.60 bits per heavy atom. The van der Waals surface area contributed by atoms with E-state index in [1.165, 1.54) is 10.7 Å². The van der Waals surface area contributed by atoms with Gasteiger partial charge in [-0.25, -0.2) is 4.98 Å². The molecule has 11 heteroatoms. The van der Waals surface area contributed by atoms with Gasteiger partial charge in [-0.15, -0.1) is 5.10 Å². The van der Waals surface area contributed by atoms with Crippen molar-refractivity contribution >= 4 is 40.4 Å². The Balaban J connectivity index is 1.47. The number of hydrogen-bond acceptors (Lipinski definition) is 9. The highest BCUT2D eigenvalue weighted by Gasteiger charge is 2.26. The number of benzene rings is 1. The van der Waals surface area contributed by atoms with Gasteiger partial charge >= 0.3 is 0 Å². The number of anilines is 4. The van der Waals surface area contributed by atoms with Gasteiger partial charge in [-0.1, -0.05) is 18.5 Å². The van der Waals surface area contributed by atoms with E-state index in [2.05, 4.69) is 61.5 Å². The molecule has 1 aliphatic carbocycles. The highest BCUT2D eigenvalue weighted by molar-refractivity contribution is 6.36. The monoisotopic (exact) mass is 490 g/mol. The molecule has 2 fully saturated rings. The number of halogens is 1. The Morgan fingerprint density at radius 1 is 1.17 bits per heavy atom. The standard InChI is InChI=1S/C24H27ClN10/c1-3-15(2)33-6-8-34(9-7-33)20-11-16(12-26)10-19(21(20)25)30-24-31-22(29-17-4-5-17)23-28-14-18(13-27)35(23)32-24/h10-11,14-15,17H,3-9H2,1-2H3,(H2,29,30,31,32). The normalized spacial score (nSPS) is 17.1. The first kappa shape index (κ1) is 23.2. The van der Waals surface area contributed by atoms with E-state index < -0.39 is 0 Å². The van der Waals surface area contributed by atoms with Crippen LogP contribution in [0.5, 0.6) is 0 Å². The molecule has 0 bridgehead atoms. The molecule has 0 radical (unpaired) electrons. The summed E-state index contributed by atoms with van der Waals surface area (Å²) in [7, 11) is 0. The quantitative estimate of drug-likeness (QED) is 0.509. The van der Waals surface area contributed by atoms with Crippen molar-refractivity contribution in [2.75, 3.05) is 41.7 Å². The number of nitrogens with zero attached hydrogens (tertiary/aromatic N) is 8. The molecular weight excluding hydrogens is 464 g/mol. The van der Waals surface area contributed by atoms with E-state index in [4.69, 9.17) is 11.6 Å². The molecule has 2 aromatic heterocycles. The summed E-state index contributed by atoms with van der Waals surface area (Å²) in [6.45, 7) is 8.00. The highest BCUT2D eigenvalue weighted by atomic mass is 35.5. The van der Waals surface area contributed by atoms with E-state index in [1.807, 2.05) is 6.07 Å². The van der Waals surface area contributed by atoms with Crippen molar-refractivity contribution in [3.63, 3.8) is 0 Å². The fourth-order valence-corrected chi connectivity index (χ4v) is 4.58. The molecule has 0 spiro atoms. The molecule has 2 N–H and O–H groups in total. The Labute approximate surface area is 209 Å². The molecule has 3 aromatic rings. The number of piperazine rings is 1. The Bertz CT molecular complexity index is 1320. The number of nitriles is 2. The van der Waals surface area contributed by atoms with Crippen LogP contribution in [0, 0.1) is 22.7 Å². The average molecular weight is 491 g/mol. The zero-order valence-corrected chi connectivity index (χ0v) is 20.5. The van der Waals surface area contributed by atoms with Crippen LogP contribution in [0.15, 0.2) is 18.3 Å². The van der Waals surface area contributed by atoms with E-state index in [1.54, 1.807) is 6.07 Å². The van der Waals surface area contributed by atoms with Crippen molar-refractivity contribution in [3.8, 4) is 12.1 Å². The summed E-state index contributed by atoms with van der Waals surface area (Å²) in [4.78, 5) is 13.6. The van der Waals surface area contributed by atoms with E-state index in [-0.39, 0.29) is 5.95 Å². The molecule has 180 valence electrons. The first-order valence-electron chi connectivity index (χ1n) is 11.9. The van der Waals surface area contributed by atoms with Crippen molar-refractivity contribution in [3.05, 3.63) is 34.6 Å². The van der Waals surface area contributed by atoms with Crippen LogP contribution in [0.1, 0.15) is 44.4 Å². The summed E-state index contributed by atoms with van der Waals surface area (Å²) in [6.07, 6.45) is 4.72. The Kier molecular flexibility index (Phi) is 6.33. The van der Waals surface area contributed by atoms with Crippen molar-refractivity contribution in [2.24, 2.45) is 0 Å². The smallest absolute Gasteiger partial charge is 0.247 e. The van der Waals surface area contributed by atoms with Gasteiger partial charge in [-0.05, 0) is 38.3 Å². The summed E-state index contributed by atoms with van der Waals surface area (Å²) < 4.78 is 1.47. The number of aromatic nitrogens is 4. The maximum absolute atomic E-state index is 9.68. The number of imidazole rings is 1. The Morgan fingerprint density at radius 2 is 1.94 bits per heavy atom. The lowest BCUT2D eigenvalue weighted by molar-refractivity contribution is 0.193. The second-order valence-electron chi connectivity index (χ2n) is 9.07. The number of nitrogens with one attached hydrogen (secondary N) is 2. The lowest BCUT2D eigenvalue weighted by atomic mass is 10.1. The van der Waals surface area contributed by atoms with Gasteiger partial charge < -0.3 is 15.5 Å². The molecular formula is C24H27ClN10. The summed E-state index contributed by atoms with van der Waals surface area (Å²) >= 11 is 6.87. The fourth-order valence-electron chi connectivity index (χ4n) is 4.31. The largest absolute Gasteiger partial charge is 0.368 e. The third-order valence-corrected chi connectivity index (χ3v) is 7.09. The third kappa shape index (κ3) is 4.68. The lowest BCUT2D eigenvalue weighted by Crippen LogP contribution is -2.49. The average Bonchev–Trinajstić information content (AvgIpc) is 3.60. The SMILES string of the molecule is CCC(C)N1CCN(c2cc(C#N)cc(Nc3nc(NC4CC4)c4ncc(C#N)n4n3)c2Cl)CC1. The molecule has 1 unspecified atom stereocenters. The molecule has 0 amide bonds. The predicted octanol–water partition coefficient (Wildman–Crippen LogP) is 3.76. The maximum atomic E-state index is 9.68. The van der Waals surface area contributed by atoms with E-state index in [0.717, 1.165) is 51.1 Å². The molecule has 1 atom stereocenters. The van der Waals surface area contributed by atoms with Gasteiger partial charge in [0.05, 0.1) is 34.2 Å². The van der Waals surface area contributed by atoms with Gasteiger partial charge in [-0.2, -0.15) is 20.0 Å². The second kappa shape index (κ2) is 9.57. The molecule has 1 aromatic carbocycles. The van der Waals surface area contributed by atoms with Crippen LogP contribution < -0.4 is 15.5 Å². The van der Waals surface area contributed by atoms with E-state index >= 15 is 0 Å².